The van der Waals surface area contributed by atoms with Crippen LogP contribution in [0.5, 0.6) is 0 Å². The van der Waals surface area contributed by atoms with Gasteiger partial charge in [0.15, 0.2) is 6.29 Å². The monoisotopic (exact) mass is 298 g/mol. The van der Waals surface area contributed by atoms with Gasteiger partial charge < -0.3 is 22.8 Å². The lowest BCUT2D eigenvalue weighted by Crippen LogP contribution is -2.57. The minimum absolute atomic E-state index is 0.0504. The average molecular weight is 298 g/mol. The van der Waals surface area contributed by atoms with Gasteiger partial charge in [-0.3, -0.25) is 0 Å². The quantitative estimate of drug-likeness (QED) is 0.370. The first kappa shape index (κ1) is 15.6. The molecule has 0 radical (unpaired) electrons. The first-order chi connectivity index (χ1) is 9.80. The highest BCUT2D eigenvalue weighted by atomic mass is 28.4. The van der Waals surface area contributed by atoms with Crippen molar-refractivity contribution < 1.29 is 22.8 Å². The van der Waals surface area contributed by atoms with Crippen LogP contribution in [0.1, 0.15) is 13.8 Å². The molecule has 1 aliphatic heterocycles. The van der Waals surface area contributed by atoms with Crippen molar-refractivity contribution in [3.63, 3.8) is 0 Å². The highest BCUT2D eigenvalue weighted by molar-refractivity contribution is 6.75. The van der Waals surface area contributed by atoms with Crippen molar-refractivity contribution in [3.05, 3.63) is 30.3 Å². The Hall–Kier alpha value is -0.763. The number of benzene rings is 1. The van der Waals surface area contributed by atoms with Crippen LogP contribution in [0.25, 0.3) is 0 Å². The molecule has 2 rings (SSSR count). The summed E-state index contributed by atoms with van der Waals surface area (Å²) in [6.45, 7) is 6.58. The second kappa shape index (κ2) is 7.87. The lowest BCUT2D eigenvalue weighted by Gasteiger charge is -2.29. The number of rotatable bonds is 10. The molecule has 0 aromatic heterocycles. The van der Waals surface area contributed by atoms with Crippen LogP contribution >= 0.6 is 0 Å². The minimum Gasteiger partial charge on any atom is -0.370 e. The van der Waals surface area contributed by atoms with Crippen LogP contribution in [-0.4, -0.2) is 48.1 Å². The summed E-state index contributed by atoms with van der Waals surface area (Å²) in [5, 5.41) is 0.978. The Balaban J connectivity index is 2.00. The van der Waals surface area contributed by atoms with Gasteiger partial charge in [0, 0.05) is 18.4 Å². The van der Waals surface area contributed by atoms with Crippen molar-refractivity contribution in [2.45, 2.75) is 20.1 Å². The Kier molecular flexibility index (Phi) is 6.15. The topological polar surface area (TPSA) is 49.5 Å². The molecule has 112 valence electrons. The van der Waals surface area contributed by atoms with E-state index in [4.69, 9.17) is 22.8 Å². The third-order valence-corrected chi connectivity index (χ3v) is 5.74. The molecule has 1 heterocycles. The number of hydrogen-bond acceptors (Lipinski definition) is 5. The molecule has 1 unspecified atom stereocenters. The molecule has 0 amide bonds. The zero-order valence-electron chi connectivity index (χ0n) is 12.0. The van der Waals surface area contributed by atoms with Crippen LogP contribution in [0, 0.1) is 0 Å². The van der Waals surface area contributed by atoms with Crippen molar-refractivity contribution in [2.75, 3.05) is 33.0 Å². The Bertz CT molecular complexity index is 376. The first-order valence-electron chi connectivity index (χ1n) is 7.01. The maximum absolute atomic E-state index is 5.99. The summed E-state index contributed by atoms with van der Waals surface area (Å²) in [6, 6.07) is 9.87. The van der Waals surface area contributed by atoms with Crippen LogP contribution in [-0.2, 0) is 22.8 Å². The third kappa shape index (κ3) is 4.37. The largest absolute Gasteiger partial charge is 0.537 e. The Morgan fingerprint density at radius 2 is 1.70 bits per heavy atom. The molecular weight excluding hydrogens is 276 g/mol. The van der Waals surface area contributed by atoms with E-state index in [-0.39, 0.29) is 6.29 Å². The fraction of sp³-hybridized carbons (Fsp3) is 0.571. The third-order valence-electron chi connectivity index (χ3n) is 2.78. The zero-order chi connectivity index (χ0) is 14.3. The van der Waals surface area contributed by atoms with E-state index in [0.717, 1.165) is 5.19 Å². The van der Waals surface area contributed by atoms with Gasteiger partial charge in [-0.25, -0.2) is 0 Å². The maximum atomic E-state index is 5.99. The van der Waals surface area contributed by atoms with E-state index in [2.05, 4.69) is 0 Å². The molecule has 0 spiro atoms. The smallest absolute Gasteiger partial charge is 0.370 e. The fourth-order valence-electron chi connectivity index (χ4n) is 1.89. The van der Waals surface area contributed by atoms with Crippen LogP contribution in [0.4, 0.5) is 0 Å². The molecule has 0 N–H and O–H groups in total. The summed E-state index contributed by atoms with van der Waals surface area (Å²) in [5.74, 6) is 0. The van der Waals surface area contributed by atoms with Crippen LogP contribution in [0.3, 0.4) is 0 Å². The molecule has 1 fully saturated rings. The summed E-state index contributed by atoms with van der Waals surface area (Å²) in [6.07, 6.45) is -0.0504. The van der Waals surface area contributed by atoms with Gasteiger partial charge in [0.1, 0.15) is 6.61 Å². The van der Waals surface area contributed by atoms with Crippen molar-refractivity contribution in [2.24, 2.45) is 0 Å². The van der Waals surface area contributed by atoms with Gasteiger partial charge in [-0.2, -0.15) is 0 Å². The maximum Gasteiger partial charge on any atom is 0.537 e. The van der Waals surface area contributed by atoms with E-state index in [1.165, 1.54) is 0 Å². The van der Waals surface area contributed by atoms with Crippen molar-refractivity contribution in [1.82, 2.24) is 0 Å². The SMILES string of the molecule is CCO[Si](OCC)(OCCOC1CO1)c1ccccc1. The lowest BCUT2D eigenvalue weighted by molar-refractivity contribution is 0.00900. The van der Waals surface area contributed by atoms with Crippen LogP contribution < -0.4 is 5.19 Å². The Morgan fingerprint density at radius 3 is 2.25 bits per heavy atom. The molecule has 1 aromatic carbocycles. The molecule has 1 aromatic rings. The molecule has 1 atom stereocenters. The van der Waals surface area contributed by atoms with Gasteiger partial charge in [-0.1, -0.05) is 30.3 Å². The molecule has 0 aliphatic carbocycles. The molecule has 6 heteroatoms. The number of epoxide rings is 1. The molecule has 1 saturated heterocycles. The molecule has 0 saturated carbocycles. The predicted molar refractivity (Wildman–Crippen MR) is 76.7 cm³/mol. The van der Waals surface area contributed by atoms with Gasteiger partial charge in [-0.15, -0.1) is 0 Å². The molecular formula is C14H22O5Si. The first-order valence-corrected chi connectivity index (χ1v) is 8.74. The van der Waals surface area contributed by atoms with Crippen LogP contribution in [0.15, 0.2) is 30.3 Å². The van der Waals surface area contributed by atoms with Gasteiger partial charge >= 0.3 is 8.80 Å². The van der Waals surface area contributed by atoms with Gasteiger partial charge in [0.05, 0.1) is 13.2 Å². The Morgan fingerprint density at radius 1 is 1.05 bits per heavy atom. The lowest BCUT2D eigenvalue weighted by atomic mass is 10.4. The van der Waals surface area contributed by atoms with Crippen molar-refractivity contribution >= 4 is 14.0 Å². The molecule has 20 heavy (non-hydrogen) atoms. The molecule has 1 aliphatic rings. The highest BCUT2D eigenvalue weighted by Gasteiger charge is 2.43. The standard InChI is InChI=1S/C14H22O5Si/c1-3-17-20(18-4-2,13-8-6-5-7-9-13)19-11-10-15-14-12-16-14/h5-9,14H,3-4,10-12H2,1-2H3. The summed E-state index contributed by atoms with van der Waals surface area (Å²) < 4.78 is 28.2. The summed E-state index contributed by atoms with van der Waals surface area (Å²) in [7, 11) is -2.84. The Labute approximate surface area is 121 Å². The van der Waals surface area contributed by atoms with Gasteiger partial charge in [0.25, 0.3) is 0 Å². The van der Waals surface area contributed by atoms with Crippen molar-refractivity contribution in [1.29, 1.82) is 0 Å². The second-order valence-electron chi connectivity index (χ2n) is 4.27. The van der Waals surface area contributed by atoms with Crippen molar-refractivity contribution in [3.8, 4) is 0 Å². The zero-order valence-corrected chi connectivity index (χ0v) is 13.0. The van der Waals surface area contributed by atoms with Gasteiger partial charge in [-0.05, 0) is 13.8 Å². The van der Waals surface area contributed by atoms with Gasteiger partial charge in [0.2, 0.25) is 0 Å². The highest BCUT2D eigenvalue weighted by Crippen LogP contribution is 2.13. The van der Waals surface area contributed by atoms with E-state index in [9.17, 15) is 0 Å². The van der Waals surface area contributed by atoms with E-state index in [1.807, 2.05) is 44.2 Å². The average Bonchev–Trinajstić information content (AvgIpc) is 3.29. The normalized spacial score (nSPS) is 18.2. The second-order valence-corrected chi connectivity index (χ2v) is 6.83. The number of ether oxygens (including phenoxy) is 2. The summed E-state index contributed by atoms with van der Waals surface area (Å²) in [4.78, 5) is 0. The molecule has 0 bridgehead atoms. The van der Waals surface area contributed by atoms with E-state index < -0.39 is 8.80 Å². The molecule has 5 nitrogen and oxygen atoms in total. The summed E-state index contributed by atoms with van der Waals surface area (Å²) >= 11 is 0. The van der Waals surface area contributed by atoms with E-state index >= 15 is 0 Å². The van der Waals surface area contributed by atoms with Crippen LogP contribution in [0.2, 0.25) is 0 Å². The summed E-state index contributed by atoms with van der Waals surface area (Å²) in [5.41, 5.74) is 0. The fourth-order valence-corrected chi connectivity index (χ4v) is 4.35. The predicted octanol–water partition coefficient (Wildman–Crippen LogP) is 1.29. The van der Waals surface area contributed by atoms with E-state index in [1.54, 1.807) is 0 Å². The van der Waals surface area contributed by atoms with E-state index in [0.29, 0.717) is 33.0 Å². The minimum atomic E-state index is -2.84. The number of hydrogen-bond donors (Lipinski definition) is 0.